The summed E-state index contributed by atoms with van der Waals surface area (Å²) in [5, 5.41) is -0.736. The lowest BCUT2D eigenvalue weighted by Crippen LogP contribution is -2.23. The van der Waals surface area contributed by atoms with Gasteiger partial charge in [0, 0.05) is 0 Å². The Kier molecular flexibility index (Phi) is 3.09. The van der Waals surface area contributed by atoms with E-state index in [1.54, 1.807) is 0 Å². The number of hydrogen-bond acceptors (Lipinski definition) is 2. The zero-order chi connectivity index (χ0) is 9.19. The fraction of sp³-hybridized carbons (Fsp3) is 1.00. The van der Waals surface area contributed by atoms with E-state index in [0.29, 0.717) is 6.42 Å². The number of hydrogen-bond donors (Lipinski definition) is 0. The first-order chi connectivity index (χ1) is 5.52. The average Bonchev–Trinajstić information content (AvgIpc) is 2.11. The maximum Gasteiger partial charge on any atom is 0.305 e. The topological polar surface area (TPSA) is 34.1 Å². The molecule has 0 heterocycles. The minimum Gasteiger partial charge on any atom is -0.195 e. The Morgan fingerprint density at radius 1 is 1.17 bits per heavy atom. The van der Waals surface area contributed by atoms with Crippen LogP contribution in [0, 0.1) is 5.92 Å². The van der Waals surface area contributed by atoms with Crippen LogP contribution in [0.4, 0.5) is 3.89 Å². The molecule has 0 aromatic rings. The third-order valence-corrected chi connectivity index (χ3v) is 4.07. The predicted molar refractivity (Wildman–Crippen MR) is 46.1 cm³/mol. The van der Waals surface area contributed by atoms with Crippen molar-refractivity contribution in [3.05, 3.63) is 0 Å². The van der Waals surface area contributed by atoms with Crippen molar-refractivity contribution >= 4 is 10.2 Å². The molecule has 0 bridgehead atoms. The molecule has 0 saturated heterocycles. The summed E-state index contributed by atoms with van der Waals surface area (Å²) >= 11 is 0. The second-order valence-electron chi connectivity index (χ2n) is 3.63. The lowest BCUT2D eigenvalue weighted by Gasteiger charge is -2.16. The van der Waals surface area contributed by atoms with E-state index in [9.17, 15) is 12.3 Å². The molecule has 1 rings (SSSR count). The van der Waals surface area contributed by atoms with Gasteiger partial charge in [-0.05, 0) is 18.8 Å². The van der Waals surface area contributed by atoms with E-state index in [4.69, 9.17) is 0 Å². The summed E-state index contributed by atoms with van der Waals surface area (Å²) < 4.78 is 34.0. The molecular weight excluding hydrogens is 179 g/mol. The van der Waals surface area contributed by atoms with Crippen molar-refractivity contribution in [2.75, 3.05) is 0 Å². The van der Waals surface area contributed by atoms with Crippen LogP contribution in [0.25, 0.3) is 0 Å². The first kappa shape index (κ1) is 9.96. The van der Waals surface area contributed by atoms with Crippen molar-refractivity contribution in [1.29, 1.82) is 0 Å². The van der Waals surface area contributed by atoms with Crippen LogP contribution < -0.4 is 0 Å². The predicted octanol–water partition coefficient (Wildman–Crippen LogP) is 2.25. The molecule has 12 heavy (non-hydrogen) atoms. The molecule has 0 N–H and O–H groups in total. The van der Waals surface area contributed by atoms with Crippen LogP contribution in [0.3, 0.4) is 0 Å². The fourth-order valence-corrected chi connectivity index (χ4v) is 3.02. The second-order valence-corrected chi connectivity index (χ2v) is 5.19. The van der Waals surface area contributed by atoms with E-state index >= 15 is 0 Å². The van der Waals surface area contributed by atoms with Gasteiger partial charge in [-0.3, -0.25) is 0 Å². The van der Waals surface area contributed by atoms with Crippen molar-refractivity contribution in [3.63, 3.8) is 0 Å². The zero-order valence-electron chi connectivity index (χ0n) is 7.29. The van der Waals surface area contributed by atoms with Crippen LogP contribution in [-0.4, -0.2) is 13.7 Å². The largest absolute Gasteiger partial charge is 0.305 e. The summed E-state index contributed by atoms with van der Waals surface area (Å²) in [5.41, 5.74) is 0. The van der Waals surface area contributed by atoms with Gasteiger partial charge in [-0.2, -0.15) is 8.42 Å². The molecule has 0 aliphatic heterocycles. The molecule has 1 fully saturated rings. The summed E-state index contributed by atoms with van der Waals surface area (Å²) in [4.78, 5) is 0. The molecule has 0 aromatic heterocycles. The van der Waals surface area contributed by atoms with E-state index in [0.717, 1.165) is 25.7 Å². The van der Waals surface area contributed by atoms with Crippen molar-refractivity contribution in [2.45, 2.75) is 44.3 Å². The van der Waals surface area contributed by atoms with Gasteiger partial charge in [-0.25, -0.2) is 0 Å². The van der Waals surface area contributed by atoms with Crippen LogP contribution >= 0.6 is 0 Å². The third kappa shape index (κ3) is 2.44. The molecule has 72 valence electrons. The van der Waals surface area contributed by atoms with Gasteiger partial charge in [0.1, 0.15) is 0 Å². The molecule has 1 saturated carbocycles. The number of rotatable bonds is 1. The van der Waals surface area contributed by atoms with E-state index < -0.39 is 15.5 Å². The minimum atomic E-state index is -4.30. The maximum absolute atomic E-state index is 12.7. The Morgan fingerprint density at radius 2 is 1.75 bits per heavy atom. The van der Waals surface area contributed by atoms with E-state index in [2.05, 4.69) is 0 Å². The maximum atomic E-state index is 12.7. The lowest BCUT2D eigenvalue weighted by molar-refractivity contribution is 0.459. The minimum absolute atomic E-state index is 0.0116. The summed E-state index contributed by atoms with van der Waals surface area (Å²) in [5.74, 6) is -0.0116. The van der Waals surface area contributed by atoms with Crippen LogP contribution in [0.1, 0.15) is 39.0 Å². The van der Waals surface area contributed by atoms with Crippen molar-refractivity contribution in [1.82, 2.24) is 0 Å². The van der Waals surface area contributed by atoms with Crippen molar-refractivity contribution in [3.8, 4) is 0 Å². The molecule has 2 nitrogen and oxygen atoms in total. The Hall–Kier alpha value is -0.120. The molecule has 0 radical (unpaired) electrons. The standard InChI is InChI=1S/C8H15FO2S/c1-7-5-3-2-4-6-8(7)12(9,10)11/h7-8H,2-6H2,1H3. The van der Waals surface area contributed by atoms with Gasteiger partial charge in [0.25, 0.3) is 0 Å². The highest BCUT2D eigenvalue weighted by molar-refractivity contribution is 7.87. The van der Waals surface area contributed by atoms with E-state index in [-0.39, 0.29) is 5.92 Å². The normalized spacial score (nSPS) is 32.8. The van der Waals surface area contributed by atoms with E-state index in [1.165, 1.54) is 0 Å². The molecule has 0 spiro atoms. The molecule has 2 unspecified atom stereocenters. The van der Waals surface area contributed by atoms with Gasteiger partial charge in [-0.1, -0.05) is 26.2 Å². The highest BCUT2D eigenvalue weighted by atomic mass is 32.3. The molecule has 1 aliphatic carbocycles. The van der Waals surface area contributed by atoms with Crippen molar-refractivity contribution < 1.29 is 12.3 Å². The molecule has 2 atom stereocenters. The Morgan fingerprint density at radius 3 is 2.33 bits per heavy atom. The highest BCUT2D eigenvalue weighted by Gasteiger charge is 2.31. The summed E-state index contributed by atoms with van der Waals surface area (Å²) in [6.07, 6.45) is 4.26. The summed E-state index contributed by atoms with van der Waals surface area (Å²) in [6, 6.07) is 0. The molecular formula is C8H15FO2S. The van der Waals surface area contributed by atoms with Crippen LogP contribution in [0.5, 0.6) is 0 Å². The molecule has 0 aromatic carbocycles. The Bertz CT molecular complexity index is 235. The second kappa shape index (κ2) is 3.73. The summed E-state index contributed by atoms with van der Waals surface area (Å²) in [7, 11) is -4.30. The first-order valence-electron chi connectivity index (χ1n) is 4.45. The van der Waals surface area contributed by atoms with E-state index in [1.807, 2.05) is 6.92 Å². The first-order valence-corrected chi connectivity index (χ1v) is 5.90. The lowest BCUT2D eigenvalue weighted by atomic mass is 10.0. The average molecular weight is 194 g/mol. The molecule has 4 heteroatoms. The van der Waals surface area contributed by atoms with Crippen LogP contribution in [-0.2, 0) is 10.2 Å². The quantitative estimate of drug-likeness (QED) is 0.474. The van der Waals surface area contributed by atoms with Gasteiger partial charge in [0.15, 0.2) is 0 Å². The van der Waals surface area contributed by atoms with Crippen LogP contribution in [0.15, 0.2) is 0 Å². The smallest absolute Gasteiger partial charge is 0.195 e. The number of halogens is 1. The summed E-state index contributed by atoms with van der Waals surface area (Å²) in [6.45, 7) is 1.83. The van der Waals surface area contributed by atoms with Gasteiger partial charge in [0.05, 0.1) is 5.25 Å². The zero-order valence-corrected chi connectivity index (χ0v) is 8.11. The third-order valence-electron chi connectivity index (χ3n) is 2.64. The van der Waals surface area contributed by atoms with Gasteiger partial charge in [-0.15, -0.1) is 3.89 Å². The monoisotopic (exact) mass is 194 g/mol. The molecule has 1 aliphatic rings. The highest BCUT2D eigenvalue weighted by Crippen LogP contribution is 2.28. The van der Waals surface area contributed by atoms with Gasteiger partial charge >= 0.3 is 10.2 Å². The Labute approximate surface area is 73.4 Å². The van der Waals surface area contributed by atoms with Crippen molar-refractivity contribution in [2.24, 2.45) is 5.92 Å². The van der Waals surface area contributed by atoms with Gasteiger partial charge < -0.3 is 0 Å². The molecule has 0 amide bonds. The Balaban J connectivity index is 2.72. The SMILES string of the molecule is CC1CCCCCC1S(=O)(=O)F. The van der Waals surface area contributed by atoms with Gasteiger partial charge in [0.2, 0.25) is 0 Å². The van der Waals surface area contributed by atoms with Crippen LogP contribution in [0.2, 0.25) is 0 Å². The fourth-order valence-electron chi connectivity index (χ4n) is 1.88.